The van der Waals surface area contributed by atoms with Crippen molar-refractivity contribution in [1.29, 1.82) is 0 Å². The monoisotopic (exact) mass is 1070 g/mol. The molecule has 6 nitrogen and oxygen atoms in total. The highest BCUT2D eigenvalue weighted by atomic mass is 16.3. The Kier molecular flexibility index (Phi) is 9.99. The van der Waals surface area contributed by atoms with E-state index in [0.717, 1.165) is 111 Å². The second-order valence-electron chi connectivity index (χ2n) is 22.1. The van der Waals surface area contributed by atoms with Crippen LogP contribution in [0.15, 0.2) is 300 Å². The van der Waals surface area contributed by atoms with Crippen molar-refractivity contribution in [2.75, 3.05) is 9.80 Å². The number of aromatic nitrogens is 2. The molecule has 0 fully saturated rings. The summed E-state index contributed by atoms with van der Waals surface area (Å²) in [6.45, 7) is 0. The van der Waals surface area contributed by atoms with Gasteiger partial charge in [0.05, 0.1) is 22.1 Å². The van der Waals surface area contributed by atoms with Crippen LogP contribution in [0, 0.1) is 0 Å². The lowest BCUT2D eigenvalue weighted by Crippen LogP contribution is -2.10. The second-order valence-corrected chi connectivity index (χ2v) is 22.1. The van der Waals surface area contributed by atoms with Crippen LogP contribution < -0.4 is 9.80 Å². The SMILES string of the molecule is c1ccc(-n2c3cc(N(c4ccc5ccccc5c4)c4ccc5oc6ccccc6c5c4)ccc3c3c4ccc5c(c4ccc32)c2ccc(N(c3ccc4ccccc4c3)c3ccc4oc6ccccc6c4c3)cc2n5-c2ccccc2)cc1. The van der Waals surface area contributed by atoms with Crippen LogP contribution in [0.2, 0.25) is 0 Å². The van der Waals surface area contributed by atoms with Crippen molar-refractivity contribution >= 4 is 154 Å². The molecule has 0 radical (unpaired) electrons. The van der Waals surface area contributed by atoms with Crippen molar-refractivity contribution in [1.82, 2.24) is 9.13 Å². The number of nitrogens with zero attached hydrogens (tertiary/aromatic N) is 4. The van der Waals surface area contributed by atoms with Crippen molar-refractivity contribution in [3.05, 3.63) is 291 Å². The molecular weight excluding hydrogens is 1020 g/mol. The molecule has 0 amide bonds. The summed E-state index contributed by atoms with van der Waals surface area (Å²) in [5.74, 6) is 0. The van der Waals surface area contributed by atoms with Crippen LogP contribution in [0.5, 0.6) is 0 Å². The third kappa shape index (κ3) is 7.04. The zero-order valence-corrected chi connectivity index (χ0v) is 45.3. The smallest absolute Gasteiger partial charge is 0.135 e. The Bertz CT molecular complexity index is 5360. The molecule has 0 atom stereocenters. The van der Waals surface area contributed by atoms with Gasteiger partial charge in [0.2, 0.25) is 0 Å². The van der Waals surface area contributed by atoms with E-state index in [2.05, 4.69) is 286 Å². The third-order valence-corrected chi connectivity index (χ3v) is 17.4. The zero-order valence-electron chi connectivity index (χ0n) is 45.3. The first kappa shape index (κ1) is 46.4. The molecule has 0 bridgehead atoms. The van der Waals surface area contributed by atoms with Gasteiger partial charge in [0.1, 0.15) is 22.3 Å². The zero-order chi connectivity index (χ0) is 55.0. The maximum absolute atomic E-state index is 6.37. The minimum Gasteiger partial charge on any atom is -0.456 e. The van der Waals surface area contributed by atoms with Gasteiger partial charge < -0.3 is 27.8 Å². The van der Waals surface area contributed by atoms with Crippen molar-refractivity contribution in [3.8, 4) is 11.4 Å². The van der Waals surface area contributed by atoms with Gasteiger partial charge >= 0.3 is 0 Å². The van der Waals surface area contributed by atoms with Gasteiger partial charge in [-0.3, -0.25) is 0 Å². The molecule has 4 aromatic heterocycles. The van der Waals surface area contributed by atoms with E-state index in [1.165, 1.54) is 53.9 Å². The second kappa shape index (κ2) is 18.1. The Labute approximate surface area is 481 Å². The minimum atomic E-state index is 0.867. The van der Waals surface area contributed by atoms with Gasteiger partial charge in [0.25, 0.3) is 0 Å². The molecule has 18 aromatic rings. The molecule has 84 heavy (non-hydrogen) atoms. The fraction of sp³-hybridized carbons (Fsp3) is 0. The van der Waals surface area contributed by atoms with E-state index in [9.17, 15) is 0 Å². The van der Waals surface area contributed by atoms with Crippen LogP contribution in [0.4, 0.5) is 34.1 Å². The molecule has 14 aromatic carbocycles. The van der Waals surface area contributed by atoms with Crippen LogP contribution in [0.1, 0.15) is 0 Å². The fourth-order valence-corrected chi connectivity index (χ4v) is 13.6. The average molecular weight is 1070 g/mol. The maximum atomic E-state index is 6.37. The molecule has 392 valence electrons. The summed E-state index contributed by atoms with van der Waals surface area (Å²) < 4.78 is 17.7. The largest absolute Gasteiger partial charge is 0.456 e. The lowest BCUT2D eigenvalue weighted by molar-refractivity contribution is 0.668. The number of hydrogen-bond donors (Lipinski definition) is 0. The summed E-state index contributed by atoms with van der Waals surface area (Å²) in [5.41, 5.74) is 16.6. The van der Waals surface area contributed by atoms with Gasteiger partial charge in [-0.2, -0.15) is 0 Å². The average Bonchev–Trinajstić information content (AvgIpc) is 2.54. The van der Waals surface area contributed by atoms with Gasteiger partial charge in [0, 0.05) is 88.6 Å². The van der Waals surface area contributed by atoms with E-state index in [1.807, 2.05) is 24.3 Å². The quantitative estimate of drug-likeness (QED) is 0.152. The number of rotatable bonds is 8. The topological polar surface area (TPSA) is 42.6 Å². The Morgan fingerprint density at radius 3 is 1.02 bits per heavy atom. The predicted octanol–water partition coefficient (Wildman–Crippen LogP) is 22.1. The van der Waals surface area contributed by atoms with E-state index in [1.54, 1.807) is 0 Å². The van der Waals surface area contributed by atoms with E-state index in [-0.39, 0.29) is 0 Å². The number of hydrogen-bond acceptors (Lipinski definition) is 4. The first-order valence-electron chi connectivity index (χ1n) is 28.6. The van der Waals surface area contributed by atoms with E-state index < -0.39 is 0 Å². The normalized spacial score (nSPS) is 12.0. The Morgan fingerprint density at radius 1 is 0.214 bits per heavy atom. The van der Waals surface area contributed by atoms with Crippen molar-refractivity contribution in [3.63, 3.8) is 0 Å². The van der Waals surface area contributed by atoms with Crippen LogP contribution in [-0.2, 0) is 0 Å². The molecule has 0 N–H and O–H groups in total. The van der Waals surface area contributed by atoms with Gasteiger partial charge in [0.15, 0.2) is 0 Å². The number of furan rings is 2. The van der Waals surface area contributed by atoms with Crippen LogP contribution in [-0.4, -0.2) is 9.13 Å². The molecule has 18 rings (SSSR count). The maximum Gasteiger partial charge on any atom is 0.135 e. The van der Waals surface area contributed by atoms with Crippen molar-refractivity contribution in [2.45, 2.75) is 0 Å². The first-order valence-corrected chi connectivity index (χ1v) is 28.6. The van der Waals surface area contributed by atoms with Crippen LogP contribution in [0.3, 0.4) is 0 Å². The van der Waals surface area contributed by atoms with Gasteiger partial charge in [-0.1, -0.05) is 158 Å². The van der Waals surface area contributed by atoms with Crippen molar-refractivity contribution in [2.24, 2.45) is 0 Å². The number of anilines is 6. The van der Waals surface area contributed by atoms with Crippen LogP contribution in [0.25, 0.3) is 131 Å². The highest BCUT2D eigenvalue weighted by Gasteiger charge is 2.25. The Morgan fingerprint density at radius 2 is 0.560 bits per heavy atom. The summed E-state index contributed by atoms with van der Waals surface area (Å²) in [4.78, 5) is 4.79. The lowest BCUT2D eigenvalue weighted by Gasteiger charge is -2.26. The molecule has 0 aliphatic heterocycles. The summed E-state index contributed by atoms with van der Waals surface area (Å²) >= 11 is 0. The lowest BCUT2D eigenvalue weighted by atomic mass is 9.99. The van der Waals surface area contributed by atoms with E-state index in [4.69, 9.17) is 8.83 Å². The third-order valence-electron chi connectivity index (χ3n) is 17.4. The van der Waals surface area contributed by atoms with E-state index in [0.29, 0.717) is 0 Å². The summed E-state index contributed by atoms with van der Waals surface area (Å²) in [7, 11) is 0. The van der Waals surface area contributed by atoms with Gasteiger partial charge in [-0.05, 0) is 166 Å². The fourth-order valence-electron chi connectivity index (χ4n) is 13.6. The molecule has 0 saturated heterocycles. The summed E-state index contributed by atoms with van der Waals surface area (Å²) in [6.07, 6.45) is 0. The molecule has 0 unspecified atom stereocenters. The number of benzene rings is 14. The van der Waals surface area contributed by atoms with Gasteiger partial charge in [-0.25, -0.2) is 0 Å². The number of fused-ring (bicyclic) bond motifs is 17. The Balaban J connectivity index is 0.869. The molecule has 0 spiro atoms. The molecule has 6 heteroatoms. The Hall–Kier alpha value is -11.3. The van der Waals surface area contributed by atoms with E-state index >= 15 is 0 Å². The highest BCUT2D eigenvalue weighted by Crippen LogP contribution is 2.48. The standard InChI is InChI=1S/C78H48N4O2/c1-3-19-53(20-4-1)81-69-39-37-64-63(77(69)65-35-31-59(47-71(65)81)79(55-29-27-49-15-7-9-17-51(49)43-55)57-33-41-75-67(45-57)61-23-11-13-25-73(61)83-75)38-40-70-78(64)66-36-32-60(48-72(66)82(70)54-21-5-2-6-22-54)80(56-30-28-50-16-8-10-18-52(50)44-56)58-34-42-76-68(46-58)62-24-12-14-26-74(62)84-76/h1-48H. The van der Waals surface area contributed by atoms with Crippen LogP contribution >= 0.6 is 0 Å². The van der Waals surface area contributed by atoms with Gasteiger partial charge in [-0.15, -0.1) is 0 Å². The predicted molar refractivity (Wildman–Crippen MR) is 352 cm³/mol. The molecule has 0 saturated carbocycles. The molecule has 4 heterocycles. The first-order chi connectivity index (χ1) is 41.6. The summed E-state index contributed by atoms with van der Waals surface area (Å²) in [6, 6.07) is 106. The molecule has 0 aliphatic carbocycles. The minimum absolute atomic E-state index is 0.867. The molecular formula is C78H48N4O2. The summed E-state index contributed by atoms with van der Waals surface area (Å²) in [5, 5.41) is 16.3. The number of para-hydroxylation sites is 4. The highest BCUT2D eigenvalue weighted by molar-refractivity contribution is 6.30. The molecule has 0 aliphatic rings. The van der Waals surface area contributed by atoms with Crippen molar-refractivity contribution < 1.29 is 8.83 Å².